The van der Waals surface area contributed by atoms with Gasteiger partial charge in [0.05, 0.1) is 31.1 Å². The molecule has 9 heteroatoms. The van der Waals surface area contributed by atoms with E-state index in [0.717, 1.165) is 16.9 Å². The predicted octanol–water partition coefficient (Wildman–Crippen LogP) is 4.32. The number of rotatable bonds is 9. The van der Waals surface area contributed by atoms with E-state index >= 15 is 0 Å². The van der Waals surface area contributed by atoms with E-state index in [1.807, 2.05) is 29.6 Å². The van der Waals surface area contributed by atoms with Crippen LogP contribution in [0.25, 0.3) is 21.3 Å². The molecule has 3 aromatic heterocycles. The molecule has 164 valence electrons. The van der Waals surface area contributed by atoms with Gasteiger partial charge in [0, 0.05) is 17.5 Å². The number of aromatic nitrogens is 2. The van der Waals surface area contributed by atoms with Gasteiger partial charge in [0.15, 0.2) is 5.16 Å². The van der Waals surface area contributed by atoms with Gasteiger partial charge in [0.25, 0.3) is 5.56 Å². The average molecular weight is 468 g/mol. The van der Waals surface area contributed by atoms with E-state index in [1.54, 1.807) is 36.1 Å². The Bertz CT molecular complexity index is 1290. The Morgan fingerprint density at radius 2 is 2.16 bits per heavy atom. The van der Waals surface area contributed by atoms with Crippen LogP contribution < -0.4 is 15.6 Å². The Morgan fingerprint density at radius 1 is 1.34 bits per heavy atom. The maximum atomic E-state index is 13.4. The first-order chi connectivity index (χ1) is 15.6. The SMILES string of the molecule is C=CCn1c(SCC(=O)NCc2ccco2)nc2scc(-c3ccc(OC)cc3)c2c1=O. The molecular formula is C23H21N3O4S2. The maximum absolute atomic E-state index is 13.4. The Hall–Kier alpha value is -3.30. The number of nitrogens with zero attached hydrogens (tertiary/aromatic N) is 2. The van der Waals surface area contributed by atoms with Crippen LogP contribution in [-0.4, -0.2) is 28.3 Å². The zero-order valence-electron chi connectivity index (χ0n) is 17.4. The molecular weight excluding hydrogens is 446 g/mol. The van der Waals surface area contributed by atoms with Gasteiger partial charge in [-0.1, -0.05) is 30.0 Å². The highest BCUT2D eigenvalue weighted by Crippen LogP contribution is 2.33. The molecule has 3 heterocycles. The molecule has 0 aliphatic carbocycles. The van der Waals surface area contributed by atoms with Gasteiger partial charge in [-0.05, 0) is 29.8 Å². The van der Waals surface area contributed by atoms with Crippen molar-refractivity contribution in [1.82, 2.24) is 14.9 Å². The van der Waals surface area contributed by atoms with Crippen molar-refractivity contribution in [3.8, 4) is 16.9 Å². The van der Waals surface area contributed by atoms with Crippen LogP contribution >= 0.6 is 23.1 Å². The molecule has 0 unspecified atom stereocenters. The van der Waals surface area contributed by atoms with E-state index < -0.39 is 0 Å². The first-order valence-corrected chi connectivity index (χ1v) is 11.7. The topological polar surface area (TPSA) is 86.4 Å². The fraction of sp³-hybridized carbons (Fsp3) is 0.174. The smallest absolute Gasteiger partial charge is 0.263 e. The Labute approximate surface area is 192 Å². The average Bonchev–Trinajstić information content (AvgIpc) is 3.48. The monoisotopic (exact) mass is 467 g/mol. The summed E-state index contributed by atoms with van der Waals surface area (Å²) in [5.74, 6) is 1.39. The molecule has 1 amide bonds. The third kappa shape index (κ3) is 4.63. The molecule has 4 aromatic rings. The lowest BCUT2D eigenvalue weighted by Gasteiger charge is -2.11. The molecule has 1 N–H and O–H groups in total. The number of thioether (sulfide) groups is 1. The van der Waals surface area contributed by atoms with Crippen molar-refractivity contribution in [2.24, 2.45) is 0 Å². The highest BCUT2D eigenvalue weighted by molar-refractivity contribution is 7.99. The summed E-state index contributed by atoms with van der Waals surface area (Å²) < 4.78 is 12.0. The van der Waals surface area contributed by atoms with Gasteiger partial charge in [-0.15, -0.1) is 17.9 Å². The van der Waals surface area contributed by atoms with Crippen LogP contribution in [0, 0.1) is 0 Å². The fourth-order valence-corrected chi connectivity index (χ4v) is 5.00. The van der Waals surface area contributed by atoms with Crippen LogP contribution in [0.2, 0.25) is 0 Å². The molecule has 7 nitrogen and oxygen atoms in total. The molecule has 0 fully saturated rings. The van der Waals surface area contributed by atoms with Crippen LogP contribution in [-0.2, 0) is 17.9 Å². The number of hydrogen-bond donors (Lipinski definition) is 1. The first kappa shape index (κ1) is 21.9. The second-order valence-corrected chi connectivity index (χ2v) is 8.60. The molecule has 0 bridgehead atoms. The molecule has 32 heavy (non-hydrogen) atoms. The zero-order valence-corrected chi connectivity index (χ0v) is 19.0. The standard InChI is InChI=1S/C23H21N3O4S2/c1-3-10-26-22(28)20-18(15-6-8-16(29-2)9-7-15)13-31-21(20)25-23(26)32-14-19(27)24-12-17-5-4-11-30-17/h3-9,11,13H,1,10,12,14H2,2H3,(H,24,27). The highest BCUT2D eigenvalue weighted by atomic mass is 32.2. The summed E-state index contributed by atoms with van der Waals surface area (Å²) >= 11 is 2.63. The van der Waals surface area contributed by atoms with Crippen LogP contribution in [0.15, 0.2) is 75.1 Å². The van der Waals surface area contributed by atoms with Crippen molar-refractivity contribution < 1.29 is 13.9 Å². The predicted molar refractivity (Wildman–Crippen MR) is 127 cm³/mol. The number of allylic oxidation sites excluding steroid dienone is 1. The molecule has 0 atom stereocenters. The van der Waals surface area contributed by atoms with Crippen LogP contribution in [0.5, 0.6) is 5.75 Å². The highest BCUT2D eigenvalue weighted by Gasteiger charge is 2.18. The van der Waals surface area contributed by atoms with Gasteiger partial charge in [-0.3, -0.25) is 14.2 Å². The van der Waals surface area contributed by atoms with E-state index in [1.165, 1.54) is 23.1 Å². The van der Waals surface area contributed by atoms with Crippen LogP contribution in [0.1, 0.15) is 5.76 Å². The molecule has 0 saturated carbocycles. The van der Waals surface area contributed by atoms with Crippen molar-refractivity contribution in [2.75, 3.05) is 12.9 Å². The van der Waals surface area contributed by atoms with Crippen molar-refractivity contribution in [3.05, 3.63) is 76.8 Å². The number of ether oxygens (including phenoxy) is 1. The summed E-state index contributed by atoms with van der Waals surface area (Å²) in [5.41, 5.74) is 1.59. The normalized spacial score (nSPS) is 10.9. The lowest BCUT2D eigenvalue weighted by Crippen LogP contribution is -2.26. The zero-order chi connectivity index (χ0) is 22.5. The number of carbonyl (C=O) groups is 1. The van der Waals surface area contributed by atoms with E-state index in [4.69, 9.17) is 9.15 Å². The second-order valence-electron chi connectivity index (χ2n) is 6.80. The minimum atomic E-state index is -0.170. The van der Waals surface area contributed by atoms with Gasteiger partial charge in [0.2, 0.25) is 5.91 Å². The van der Waals surface area contributed by atoms with Gasteiger partial charge in [0.1, 0.15) is 16.3 Å². The molecule has 1 aromatic carbocycles. The summed E-state index contributed by atoms with van der Waals surface area (Å²) in [5, 5.41) is 5.78. The number of hydrogen-bond acceptors (Lipinski definition) is 7. The number of nitrogens with one attached hydrogen (secondary N) is 1. The molecule has 4 rings (SSSR count). The summed E-state index contributed by atoms with van der Waals surface area (Å²) in [4.78, 5) is 31.0. The summed E-state index contributed by atoms with van der Waals surface area (Å²) in [6.07, 6.45) is 3.21. The van der Waals surface area contributed by atoms with Gasteiger partial charge in [-0.2, -0.15) is 0 Å². The quantitative estimate of drug-likeness (QED) is 0.224. The first-order valence-electron chi connectivity index (χ1n) is 9.80. The molecule has 0 aliphatic heterocycles. The summed E-state index contributed by atoms with van der Waals surface area (Å²) in [7, 11) is 1.61. The third-order valence-electron chi connectivity index (χ3n) is 4.74. The maximum Gasteiger partial charge on any atom is 0.263 e. The van der Waals surface area contributed by atoms with Crippen LogP contribution in [0.3, 0.4) is 0 Å². The van der Waals surface area contributed by atoms with Gasteiger partial charge >= 0.3 is 0 Å². The van der Waals surface area contributed by atoms with E-state index in [0.29, 0.717) is 34.2 Å². The number of benzene rings is 1. The molecule has 0 aliphatic rings. The van der Waals surface area contributed by atoms with Gasteiger partial charge in [-0.25, -0.2) is 4.98 Å². The second kappa shape index (κ2) is 9.88. The van der Waals surface area contributed by atoms with Crippen molar-refractivity contribution >= 4 is 39.2 Å². The van der Waals surface area contributed by atoms with Crippen molar-refractivity contribution in [1.29, 1.82) is 0 Å². The minimum Gasteiger partial charge on any atom is -0.497 e. The van der Waals surface area contributed by atoms with E-state index in [9.17, 15) is 9.59 Å². The van der Waals surface area contributed by atoms with E-state index in [2.05, 4.69) is 16.9 Å². The fourth-order valence-electron chi connectivity index (χ4n) is 3.17. The van der Waals surface area contributed by atoms with Gasteiger partial charge < -0.3 is 14.5 Å². The number of amides is 1. The largest absolute Gasteiger partial charge is 0.497 e. The number of fused-ring (bicyclic) bond motifs is 1. The number of furan rings is 1. The lowest BCUT2D eigenvalue weighted by atomic mass is 10.1. The minimum absolute atomic E-state index is 0.131. The summed E-state index contributed by atoms with van der Waals surface area (Å²) in [6.45, 7) is 4.38. The molecule has 0 saturated heterocycles. The molecule has 0 spiro atoms. The summed E-state index contributed by atoms with van der Waals surface area (Å²) in [6, 6.07) is 11.1. The van der Waals surface area contributed by atoms with E-state index in [-0.39, 0.29) is 17.2 Å². The van der Waals surface area contributed by atoms with Crippen molar-refractivity contribution in [3.63, 3.8) is 0 Å². The van der Waals surface area contributed by atoms with Crippen LogP contribution in [0.4, 0.5) is 0 Å². The number of carbonyl (C=O) groups excluding carboxylic acids is 1. The Balaban J connectivity index is 1.60. The van der Waals surface area contributed by atoms with Crippen molar-refractivity contribution in [2.45, 2.75) is 18.2 Å². The Morgan fingerprint density at radius 3 is 2.84 bits per heavy atom. The number of thiophene rings is 1. The third-order valence-corrected chi connectivity index (χ3v) is 6.59. The molecule has 0 radical (unpaired) electrons. The lowest BCUT2D eigenvalue weighted by molar-refractivity contribution is -0.118. The number of methoxy groups -OCH3 is 1. The Kier molecular flexibility index (Phi) is 6.77.